The second-order valence-corrected chi connectivity index (χ2v) is 7.85. The Bertz CT molecular complexity index is 818. The Hall–Kier alpha value is -2.35. The molecule has 4 rings (SSSR count). The van der Waals surface area contributed by atoms with Crippen molar-refractivity contribution in [1.82, 2.24) is 24.9 Å². The van der Waals surface area contributed by atoms with Gasteiger partial charge in [0, 0.05) is 45.4 Å². The topological polar surface area (TPSA) is 79.3 Å². The molecule has 0 saturated carbocycles. The van der Waals surface area contributed by atoms with Crippen LogP contribution in [0.1, 0.15) is 60.6 Å². The maximum absolute atomic E-state index is 13.1. The predicted octanol–water partition coefficient (Wildman–Crippen LogP) is 2.17. The second kappa shape index (κ2) is 6.99. The third kappa shape index (κ3) is 3.34. The Morgan fingerprint density at radius 3 is 2.70 bits per heavy atom. The van der Waals surface area contributed by atoms with Gasteiger partial charge in [-0.15, -0.1) is 0 Å². The molecule has 0 aliphatic carbocycles. The highest BCUT2D eigenvalue weighted by atomic mass is 16.5. The fraction of sp³-hybridized carbons (Fsp3) is 0.632. The van der Waals surface area contributed by atoms with Crippen LogP contribution in [0.4, 0.5) is 5.69 Å². The first kappa shape index (κ1) is 18.0. The van der Waals surface area contributed by atoms with Gasteiger partial charge >= 0.3 is 0 Å². The van der Waals surface area contributed by atoms with Gasteiger partial charge in [-0.25, -0.2) is 0 Å². The number of hydrogen-bond acceptors (Lipinski definition) is 5. The Kier molecular flexibility index (Phi) is 4.67. The highest BCUT2D eigenvalue weighted by molar-refractivity contribution is 5.94. The van der Waals surface area contributed by atoms with Gasteiger partial charge in [0.15, 0.2) is 5.69 Å². The number of carbonyl (C=O) groups is 1. The number of aromatic amines is 1. The fourth-order valence-corrected chi connectivity index (χ4v) is 4.09. The molecule has 0 spiro atoms. The van der Waals surface area contributed by atoms with E-state index in [0.29, 0.717) is 11.7 Å². The molecule has 2 aromatic heterocycles. The highest BCUT2D eigenvalue weighted by Crippen LogP contribution is 2.31. The van der Waals surface area contributed by atoms with Crippen molar-refractivity contribution in [2.24, 2.45) is 0 Å². The summed E-state index contributed by atoms with van der Waals surface area (Å²) in [6.07, 6.45) is 6.56. The molecule has 8 heteroatoms. The van der Waals surface area contributed by atoms with Gasteiger partial charge in [-0.3, -0.25) is 14.6 Å². The van der Waals surface area contributed by atoms with Crippen LogP contribution in [0.25, 0.3) is 0 Å². The summed E-state index contributed by atoms with van der Waals surface area (Å²) in [6.45, 7) is 5.49. The first-order chi connectivity index (χ1) is 12.9. The zero-order valence-corrected chi connectivity index (χ0v) is 16.5. The molecule has 0 unspecified atom stereocenters. The number of anilines is 1. The minimum Gasteiger partial charge on any atom is -0.375 e. The van der Waals surface area contributed by atoms with Crippen LogP contribution in [0.5, 0.6) is 0 Å². The molecule has 1 N–H and O–H groups in total. The van der Waals surface area contributed by atoms with Crippen molar-refractivity contribution >= 4 is 11.6 Å². The van der Waals surface area contributed by atoms with Crippen LogP contribution < -0.4 is 4.90 Å². The van der Waals surface area contributed by atoms with Crippen molar-refractivity contribution < 1.29 is 9.53 Å². The molecule has 8 nitrogen and oxygen atoms in total. The Labute approximate surface area is 159 Å². The molecule has 2 aliphatic rings. The van der Waals surface area contributed by atoms with E-state index in [2.05, 4.69) is 26.4 Å². The highest BCUT2D eigenvalue weighted by Gasteiger charge is 2.33. The maximum atomic E-state index is 13.1. The largest absolute Gasteiger partial charge is 0.375 e. The molecule has 1 amide bonds. The quantitative estimate of drug-likeness (QED) is 0.893. The number of carbonyl (C=O) groups excluding carboxylic acids is 1. The average molecular weight is 372 g/mol. The van der Waals surface area contributed by atoms with E-state index in [1.54, 1.807) is 0 Å². The molecule has 0 aromatic carbocycles. The second-order valence-electron chi connectivity index (χ2n) is 7.85. The van der Waals surface area contributed by atoms with E-state index < -0.39 is 0 Å². The normalized spacial score (nSPS) is 23.3. The molecule has 27 heavy (non-hydrogen) atoms. The number of hydrogen-bond donors (Lipinski definition) is 1. The summed E-state index contributed by atoms with van der Waals surface area (Å²) in [5.41, 5.74) is 3.64. The molecule has 2 aliphatic heterocycles. The monoisotopic (exact) mass is 372 g/mol. The number of H-pyrrole nitrogens is 1. The molecule has 146 valence electrons. The fourth-order valence-electron chi connectivity index (χ4n) is 4.09. The number of nitrogens with zero attached hydrogens (tertiary/aromatic N) is 5. The van der Waals surface area contributed by atoms with Crippen LogP contribution in [0.2, 0.25) is 0 Å². The number of nitrogens with one attached hydrogen (secondary N) is 1. The summed E-state index contributed by atoms with van der Waals surface area (Å²) in [6, 6.07) is 0.337. The van der Waals surface area contributed by atoms with Crippen molar-refractivity contribution in [2.45, 2.75) is 51.4 Å². The minimum atomic E-state index is -0.0470. The number of aromatic nitrogens is 4. The van der Waals surface area contributed by atoms with E-state index in [1.807, 2.05) is 43.7 Å². The molecule has 4 heterocycles. The van der Waals surface area contributed by atoms with Gasteiger partial charge in [0.2, 0.25) is 0 Å². The molecule has 2 aromatic rings. The summed E-state index contributed by atoms with van der Waals surface area (Å²) in [7, 11) is 4.03. The Morgan fingerprint density at radius 2 is 2.04 bits per heavy atom. The third-order valence-corrected chi connectivity index (χ3v) is 5.67. The van der Waals surface area contributed by atoms with Crippen LogP contribution >= 0.6 is 0 Å². The van der Waals surface area contributed by atoms with Gasteiger partial charge in [0.25, 0.3) is 5.91 Å². The molecule has 0 bridgehead atoms. The van der Waals surface area contributed by atoms with Gasteiger partial charge in [-0.05, 0) is 26.7 Å². The molecular formula is C19H28N6O2. The Balaban J connectivity index is 1.43. The molecule has 1 saturated heterocycles. The Morgan fingerprint density at radius 1 is 1.30 bits per heavy atom. The van der Waals surface area contributed by atoms with E-state index in [-0.39, 0.29) is 18.1 Å². The van der Waals surface area contributed by atoms with Crippen molar-refractivity contribution in [3.8, 4) is 0 Å². The summed E-state index contributed by atoms with van der Waals surface area (Å²) >= 11 is 0. The lowest BCUT2D eigenvalue weighted by Crippen LogP contribution is -2.40. The molecule has 2 atom stereocenters. The smallest absolute Gasteiger partial charge is 0.274 e. The zero-order chi connectivity index (χ0) is 19.1. The lowest BCUT2D eigenvalue weighted by molar-refractivity contribution is -0.00703. The summed E-state index contributed by atoms with van der Waals surface area (Å²) in [5.74, 6) is 0.0293. The zero-order valence-electron chi connectivity index (χ0n) is 16.5. The van der Waals surface area contributed by atoms with Crippen LogP contribution in [-0.4, -0.2) is 64.1 Å². The lowest BCUT2D eigenvalue weighted by Gasteiger charge is -2.32. The molecule has 0 radical (unpaired) electrons. The van der Waals surface area contributed by atoms with Gasteiger partial charge in [-0.2, -0.15) is 10.2 Å². The van der Waals surface area contributed by atoms with Crippen LogP contribution in [-0.2, 0) is 11.2 Å². The number of fused-ring (bicyclic) bond motifs is 1. The van der Waals surface area contributed by atoms with Crippen molar-refractivity contribution in [1.29, 1.82) is 0 Å². The van der Waals surface area contributed by atoms with Crippen molar-refractivity contribution in [3.63, 3.8) is 0 Å². The van der Waals surface area contributed by atoms with Crippen LogP contribution in [0, 0.1) is 0 Å². The number of piperidine rings is 1. The average Bonchev–Trinajstić information content (AvgIpc) is 3.29. The van der Waals surface area contributed by atoms with Gasteiger partial charge in [-0.1, -0.05) is 0 Å². The standard InChI is InChI=1S/C19H28N6O2/c1-12-9-16-17(13(2)27-12)21-22-18(16)19(26)24-7-5-14(6-8-24)25-11-15(10-20-25)23(3)4/h10-14H,5-9H2,1-4H3,(H,21,22)/t12-,13+/m1/s1. The summed E-state index contributed by atoms with van der Waals surface area (Å²) in [5, 5.41) is 11.9. The van der Waals surface area contributed by atoms with Crippen LogP contribution in [0.15, 0.2) is 12.4 Å². The van der Waals surface area contributed by atoms with E-state index in [1.165, 1.54) is 0 Å². The number of rotatable bonds is 3. The van der Waals surface area contributed by atoms with Crippen molar-refractivity contribution in [2.75, 3.05) is 32.1 Å². The number of amides is 1. The van der Waals surface area contributed by atoms with Crippen LogP contribution in [0.3, 0.4) is 0 Å². The third-order valence-electron chi connectivity index (χ3n) is 5.67. The number of likely N-dealkylation sites (tertiary alicyclic amines) is 1. The van der Waals surface area contributed by atoms with E-state index in [4.69, 9.17) is 4.74 Å². The summed E-state index contributed by atoms with van der Waals surface area (Å²) < 4.78 is 7.86. The first-order valence-electron chi connectivity index (χ1n) is 9.67. The lowest BCUT2D eigenvalue weighted by atomic mass is 9.98. The van der Waals surface area contributed by atoms with E-state index in [9.17, 15) is 4.79 Å². The SMILES string of the molecule is C[C@@H]1Cc2c(C(=O)N3CCC(n4cc(N(C)C)cn4)CC3)n[nH]c2[C@H](C)O1. The van der Waals surface area contributed by atoms with Gasteiger partial charge in [0.1, 0.15) is 0 Å². The number of ether oxygens (including phenoxy) is 1. The van der Waals surface area contributed by atoms with Crippen molar-refractivity contribution in [3.05, 3.63) is 29.3 Å². The van der Waals surface area contributed by atoms with Gasteiger partial charge in [0.05, 0.1) is 35.8 Å². The summed E-state index contributed by atoms with van der Waals surface area (Å²) in [4.78, 5) is 17.0. The van der Waals surface area contributed by atoms with E-state index >= 15 is 0 Å². The molecule has 1 fully saturated rings. The minimum absolute atomic E-state index is 0.0293. The van der Waals surface area contributed by atoms with E-state index in [0.717, 1.165) is 49.3 Å². The first-order valence-corrected chi connectivity index (χ1v) is 9.67. The molecular weight excluding hydrogens is 344 g/mol. The predicted molar refractivity (Wildman–Crippen MR) is 102 cm³/mol. The maximum Gasteiger partial charge on any atom is 0.274 e. The van der Waals surface area contributed by atoms with Gasteiger partial charge < -0.3 is 14.5 Å².